The maximum atomic E-state index is 6.25. The van der Waals surface area contributed by atoms with E-state index in [4.69, 9.17) is 14.1 Å². The Hall–Kier alpha value is -1.82. The summed E-state index contributed by atoms with van der Waals surface area (Å²) in [6.07, 6.45) is 5.56. The van der Waals surface area contributed by atoms with Crippen LogP contribution in [0.15, 0.2) is 28.5 Å². The fourth-order valence-corrected chi connectivity index (χ4v) is 6.87. The molecule has 3 aliphatic carbocycles. The first-order valence-electron chi connectivity index (χ1n) is 10.8. The summed E-state index contributed by atoms with van der Waals surface area (Å²) >= 11 is 0. The second-order valence-corrected chi connectivity index (χ2v) is 14.4. The van der Waals surface area contributed by atoms with Gasteiger partial charge >= 0.3 is 0 Å². The number of rotatable bonds is 4. The quantitative estimate of drug-likeness (QED) is 0.491. The lowest BCUT2D eigenvalue weighted by Crippen LogP contribution is -2.42. The van der Waals surface area contributed by atoms with Crippen LogP contribution in [-0.2, 0) is 16.1 Å². The molecule has 0 saturated heterocycles. The summed E-state index contributed by atoms with van der Waals surface area (Å²) in [4.78, 5) is 10.3. The predicted octanol–water partition coefficient (Wildman–Crippen LogP) is 5.37. The van der Waals surface area contributed by atoms with E-state index in [0.717, 1.165) is 36.4 Å². The van der Waals surface area contributed by atoms with E-state index in [0.29, 0.717) is 17.8 Å². The number of benzene rings is 1. The lowest BCUT2D eigenvalue weighted by Gasteiger charge is -2.48. The summed E-state index contributed by atoms with van der Waals surface area (Å²) in [7, 11) is 1.65. The Morgan fingerprint density at radius 1 is 1.07 bits per heavy atom. The van der Waals surface area contributed by atoms with Crippen LogP contribution in [0.2, 0.25) is 19.6 Å². The van der Waals surface area contributed by atoms with Crippen molar-refractivity contribution in [1.82, 2.24) is 0 Å². The smallest absolute Gasteiger partial charge is 0.242 e. The first-order valence-corrected chi connectivity index (χ1v) is 14.2. The molecule has 0 aromatic heterocycles. The van der Waals surface area contributed by atoms with Crippen LogP contribution >= 0.6 is 0 Å². The summed E-state index contributed by atoms with van der Waals surface area (Å²) < 4.78 is 6.25. The lowest BCUT2D eigenvalue weighted by molar-refractivity contribution is 0.0945. The summed E-state index contributed by atoms with van der Waals surface area (Å²) in [6.45, 7) is 9.07. The maximum absolute atomic E-state index is 6.25. The van der Waals surface area contributed by atoms with Crippen LogP contribution in [0.1, 0.15) is 49.7 Å². The first kappa shape index (κ1) is 20.4. The largest absolute Gasteiger partial charge is 0.544 e. The topological polar surface area (TPSA) is 52.4 Å². The SMILES string of the molecule is CO/N=C1/C[C@H]2[C@@H]3CCc4cc(O[Si](C)(C)C)ccc4[C@H]3CC[C@]2(C)/C1=N/OC. The molecule has 0 unspecified atom stereocenters. The van der Waals surface area contributed by atoms with E-state index in [1.165, 1.54) is 24.0 Å². The fraction of sp³-hybridized carbons (Fsp3) is 0.652. The molecule has 5 nitrogen and oxygen atoms in total. The predicted molar refractivity (Wildman–Crippen MR) is 119 cm³/mol. The summed E-state index contributed by atoms with van der Waals surface area (Å²) in [5.74, 6) is 2.85. The van der Waals surface area contributed by atoms with E-state index < -0.39 is 8.32 Å². The highest BCUT2D eigenvalue weighted by atomic mass is 28.4. The fourth-order valence-electron chi connectivity index (χ4n) is 6.04. The van der Waals surface area contributed by atoms with Crippen molar-refractivity contribution in [3.63, 3.8) is 0 Å². The summed E-state index contributed by atoms with van der Waals surface area (Å²) in [5, 5.41) is 8.71. The van der Waals surface area contributed by atoms with Crippen molar-refractivity contribution in [1.29, 1.82) is 0 Å². The molecule has 0 bridgehead atoms. The molecule has 0 aliphatic heterocycles. The van der Waals surface area contributed by atoms with E-state index in [-0.39, 0.29) is 5.41 Å². The molecule has 1 aromatic rings. The molecule has 1 aromatic carbocycles. The van der Waals surface area contributed by atoms with Crippen LogP contribution in [0.4, 0.5) is 0 Å². The first-order chi connectivity index (χ1) is 13.8. The van der Waals surface area contributed by atoms with Crippen molar-refractivity contribution in [3.05, 3.63) is 29.3 Å². The highest BCUT2D eigenvalue weighted by molar-refractivity contribution is 6.70. The zero-order chi connectivity index (χ0) is 20.8. The van der Waals surface area contributed by atoms with Gasteiger partial charge in [0.15, 0.2) is 0 Å². The Morgan fingerprint density at radius 2 is 1.83 bits per heavy atom. The van der Waals surface area contributed by atoms with Crippen molar-refractivity contribution in [2.24, 2.45) is 27.6 Å². The van der Waals surface area contributed by atoms with Gasteiger partial charge in [0, 0.05) is 5.41 Å². The number of aryl methyl sites for hydroxylation is 1. The molecule has 2 fully saturated rings. The minimum atomic E-state index is -1.59. The number of nitrogens with zero attached hydrogens (tertiary/aromatic N) is 2. The lowest BCUT2D eigenvalue weighted by atomic mass is 9.55. The maximum Gasteiger partial charge on any atom is 0.242 e. The average Bonchev–Trinajstić information content (AvgIpc) is 2.93. The minimum Gasteiger partial charge on any atom is -0.544 e. The van der Waals surface area contributed by atoms with Crippen LogP contribution in [0.3, 0.4) is 0 Å². The second-order valence-electron chi connectivity index (χ2n) is 9.99. The Kier molecular flexibility index (Phi) is 5.26. The van der Waals surface area contributed by atoms with E-state index in [2.05, 4.69) is 55.1 Å². The van der Waals surface area contributed by atoms with Gasteiger partial charge in [-0.1, -0.05) is 23.3 Å². The molecule has 4 rings (SSSR count). The zero-order valence-electron chi connectivity index (χ0n) is 18.6. The van der Waals surface area contributed by atoms with E-state index in [1.807, 2.05) is 0 Å². The Balaban J connectivity index is 1.64. The van der Waals surface area contributed by atoms with Crippen molar-refractivity contribution in [2.45, 2.75) is 64.6 Å². The van der Waals surface area contributed by atoms with E-state index in [1.54, 1.807) is 14.2 Å². The molecule has 0 heterocycles. The van der Waals surface area contributed by atoms with Crippen molar-refractivity contribution >= 4 is 19.7 Å². The van der Waals surface area contributed by atoms with Gasteiger partial charge in [0.2, 0.25) is 8.32 Å². The third kappa shape index (κ3) is 3.60. The van der Waals surface area contributed by atoms with Gasteiger partial charge in [-0.15, -0.1) is 0 Å². The standard InChI is InChI=1S/C23H34N2O3Si/c1-23-12-11-18-17-10-8-16(28-29(4,5)6)13-15(17)7-9-19(18)20(23)14-21(24-26-2)22(23)25-27-3/h8,10,13,18-20H,7,9,11-12,14H2,1-6H3/b24-21-,25-22+/t18-,19-,20+,23+/m1/s1. The van der Waals surface area contributed by atoms with Gasteiger partial charge in [-0.3, -0.25) is 0 Å². The Labute approximate surface area is 175 Å². The van der Waals surface area contributed by atoms with Gasteiger partial charge in [0.05, 0.1) is 0 Å². The number of oxime groups is 2. The molecule has 2 saturated carbocycles. The summed E-state index contributed by atoms with van der Waals surface area (Å²) in [5.41, 5.74) is 5.00. The molecule has 29 heavy (non-hydrogen) atoms. The van der Waals surface area contributed by atoms with Gasteiger partial charge in [-0.2, -0.15) is 0 Å². The van der Waals surface area contributed by atoms with Crippen LogP contribution in [0, 0.1) is 17.3 Å². The van der Waals surface area contributed by atoms with Crippen LogP contribution in [0.25, 0.3) is 0 Å². The molecule has 4 atom stereocenters. The molecular formula is C23H34N2O3Si. The highest BCUT2D eigenvalue weighted by Gasteiger charge is 2.56. The third-order valence-corrected chi connectivity index (χ3v) is 7.97. The van der Waals surface area contributed by atoms with Gasteiger partial charge in [-0.25, -0.2) is 0 Å². The number of hydrogen-bond acceptors (Lipinski definition) is 5. The minimum absolute atomic E-state index is 0.0208. The molecule has 3 aliphatic rings. The third-order valence-electron chi connectivity index (χ3n) is 7.12. The zero-order valence-corrected chi connectivity index (χ0v) is 19.6. The number of hydrogen-bond donors (Lipinski definition) is 0. The van der Waals surface area contributed by atoms with Crippen molar-refractivity contribution in [2.75, 3.05) is 14.2 Å². The van der Waals surface area contributed by atoms with Crippen LogP contribution in [-0.4, -0.2) is 34.0 Å². The molecule has 0 spiro atoms. The van der Waals surface area contributed by atoms with E-state index in [9.17, 15) is 0 Å². The second kappa shape index (κ2) is 7.46. The molecule has 0 amide bonds. The molecular weight excluding hydrogens is 380 g/mol. The Morgan fingerprint density at radius 3 is 2.52 bits per heavy atom. The normalized spacial score (nSPS) is 33.8. The molecule has 0 radical (unpaired) electrons. The number of fused-ring (bicyclic) bond motifs is 5. The van der Waals surface area contributed by atoms with E-state index >= 15 is 0 Å². The summed E-state index contributed by atoms with van der Waals surface area (Å²) in [6, 6.07) is 6.84. The van der Waals surface area contributed by atoms with Gasteiger partial charge in [-0.05, 0) is 92.8 Å². The monoisotopic (exact) mass is 414 g/mol. The molecule has 158 valence electrons. The van der Waals surface area contributed by atoms with Crippen LogP contribution in [0.5, 0.6) is 5.75 Å². The van der Waals surface area contributed by atoms with Gasteiger partial charge in [0.1, 0.15) is 31.4 Å². The van der Waals surface area contributed by atoms with Crippen LogP contribution < -0.4 is 4.43 Å². The van der Waals surface area contributed by atoms with Gasteiger partial charge in [0.25, 0.3) is 0 Å². The average molecular weight is 415 g/mol. The van der Waals surface area contributed by atoms with Crippen molar-refractivity contribution in [3.8, 4) is 5.75 Å². The molecule has 6 heteroatoms. The highest BCUT2D eigenvalue weighted by Crippen LogP contribution is 2.59. The Bertz CT molecular complexity index is 845. The van der Waals surface area contributed by atoms with Gasteiger partial charge < -0.3 is 14.1 Å². The molecule has 0 N–H and O–H groups in total. The van der Waals surface area contributed by atoms with Crippen molar-refractivity contribution < 1.29 is 14.1 Å².